The van der Waals surface area contributed by atoms with Crippen molar-refractivity contribution in [1.29, 1.82) is 0 Å². The third-order valence-corrected chi connectivity index (χ3v) is 6.51. The van der Waals surface area contributed by atoms with E-state index in [1.54, 1.807) is 6.07 Å². The Kier molecular flexibility index (Phi) is 4.58. The molecular formula is C24H24F2N4O3. The van der Waals surface area contributed by atoms with E-state index < -0.39 is 12.5 Å². The SMILES string of the molecule is Cc1nc(N[C@H](C)c2cccc3c2OCC3(F)F)c2cc3c(cc2n1)OCC1COCCN31. The summed E-state index contributed by atoms with van der Waals surface area (Å²) < 4.78 is 45.4. The normalized spacial score (nSPS) is 21.5. The lowest BCUT2D eigenvalue weighted by atomic mass is 10.0. The number of aromatic nitrogens is 2. The number of morpholine rings is 1. The van der Waals surface area contributed by atoms with Crippen molar-refractivity contribution >= 4 is 22.4 Å². The predicted molar refractivity (Wildman–Crippen MR) is 120 cm³/mol. The lowest BCUT2D eigenvalue weighted by Crippen LogP contribution is -2.51. The van der Waals surface area contributed by atoms with E-state index in [0.29, 0.717) is 37.0 Å². The summed E-state index contributed by atoms with van der Waals surface area (Å²) in [7, 11) is 0. The average molecular weight is 454 g/mol. The summed E-state index contributed by atoms with van der Waals surface area (Å²) in [6, 6.07) is 8.74. The van der Waals surface area contributed by atoms with Crippen molar-refractivity contribution in [3.05, 3.63) is 47.3 Å². The third kappa shape index (κ3) is 3.33. The minimum absolute atomic E-state index is 0.0676. The van der Waals surface area contributed by atoms with Gasteiger partial charge in [-0.15, -0.1) is 0 Å². The van der Waals surface area contributed by atoms with E-state index in [0.717, 1.165) is 28.9 Å². The molecule has 3 aliphatic rings. The Morgan fingerprint density at radius 3 is 2.94 bits per heavy atom. The molecule has 1 unspecified atom stereocenters. The van der Waals surface area contributed by atoms with Crippen LogP contribution in [0.1, 0.15) is 29.9 Å². The van der Waals surface area contributed by atoms with Crippen molar-refractivity contribution in [3.8, 4) is 11.5 Å². The number of halogens is 2. The number of nitrogens with one attached hydrogen (secondary N) is 1. The van der Waals surface area contributed by atoms with Gasteiger partial charge >= 0.3 is 5.92 Å². The van der Waals surface area contributed by atoms with Crippen molar-refractivity contribution in [1.82, 2.24) is 9.97 Å². The molecule has 1 fully saturated rings. The Hall–Kier alpha value is -3.20. The van der Waals surface area contributed by atoms with Gasteiger partial charge < -0.3 is 24.4 Å². The summed E-state index contributed by atoms with van der Waals surface area (Å²) in [5.74, 6) is -0.672. The molecule has 6 rings (SSSR count). The van der Waals surface area contributed by atoms with Crippen LogP contribution >= 0.6 is 0 Å². The molecule has 9 heteroatoms. The second kappa shape index (κ2) is 7.41. The van der Waals surface area contributed by atoms with Crippen molar-refractivity contribution in [3.63, 3.8) is 0 Å². The Morgan fingerprint density at radius 2 is 2.06 bits per heavy atom. The molecule has 3 aliphatic heterocycles. The molecule has 1 saturated heterocycles. The first-order valence-corrected chi connectivity index (χ1v) is 11.1. The highest BCUT2D eigenvalue weighted by molar-refractivity contribution is 5.94. The first kappa shape index (κ1) is 20.4. The fourth-order valence-corrected chi connectivity index (χ4v) is 4.88. The molecule has 0 radical (unpaired) electrons. The Labute approximate surface area is 189 Å². The number of hydrogen-bond donors (Lipinski definition) is 1. The molecular weight excluding hydrogens is 430 g/mol. The maximum Gasteiger partial charge on any atom is 0.310 e. The minimum atomic E-state index is -2.98. The van der Waals surface area contributed by atoms with Crippen LogP contribution in [-0.2, 0) is 10.7 Å². The molecule has 0 saturated carbocycles. The maximum atomic E-state index is 14.2. The van der Waals surface area contributed by atoms with Gasteiger partial charge in [-0.05, 0) is 26.0 Å². The molecule has 1 aromatic heterocycles. The highest BCUT2D eigenvalue weighted by atomic mass is 19.3. The summed E-state index contributed by atoms with van der Waals surface area (Å²) >= 11 is 0. The highest BCUT2D eigenvalue weighted by Crippen LogP contribution is 2.45. The van der Waals surface area contributed by atoms with Crippen molar-refractivity contribution in [2.75, 3.05) is 43.2 Å². The zero-order valence-electron chi connectivity index (χ0n) is 18.4. The quantitative estimate of drug-likeness (QED) is 0.636. The van der Waals surface area contributed by atoms with Crippen LogP contribution < -0.4 is 19.7 Å². The fraction of sp³-hybridized carbons (Fsp3) is 0.417. The lowest BCUT2D eigenvalue weighted by Gasteiger charge is -2.41. The fourth-order valence-electron chi connectivity index (χ4n) is 4.88. The van der Waals surface area contributed by atoms with E-state index in [9.17, 15) is 8.78 Å². The second-order valence-corrected chi connectivity index (χ2v) is 8.77. The molecule has 0 amide bonds. The van der Waals surface area contributed by atoms with Gasteiger partial charge in [-0.25, -0.2) is 9.97 Å². The number of rotatable bonds is 3. The number of alkyl halides is 2. The van der Waals surface area contributed by atoms with Crippen molar-refractivity contribution < 1.29 is 23.0 Å². The van der Waals surface area contributed by atoms with Crippen LogP contribution in [0.3, 0.4) is 0 Å². The summed E-state index contributed by atoms with van der Waals surface area (Å²) in [5, 5.41) is 4.27. The van der Waals surface area contributed by atoms with E-state index in [1.807, 2.05) is 26.0 Å². The number of anilines is 2. The Balaban J connectivity index is 1.40. The number of nitrogens with zero attached hydrogens (tertiary/aromatic N) is 3. The molecule has 172 valence electrons. The van der Waals surface area contributed by atoms with Crippen LogP contribution in [0.2, 0.25) is 0 Å². The van der Waals surface area contributed by atoms with Gasteiger partial charge in [0.2, 0.25) is 0 Å². The van der Waals surface area contributed by atoms with Crippen LogP contribution in [0.5, 0.6) is 11.5 Å². The average Bonchev–Trinajstić information content (AvgIpc) is 3.12. The highest BCUT2D eigenvalue weighted by Gasteiger charge is 2.43. The van der Waals surface area contributed by atoms with E-state index in [4.69, 9.17) is 14.2 Å². The number of fused-ring (bicyclic) bond motifs is 5. The second-order valence-electron chi connectivity index (χ2n) is 8.77. The first-order valence-electron chi connectivity index (χ1n) is 11.1. The summed E-state index contributed by atoms with van der Waals surface area (Å²) in [6.07, 6.45) is 0. The zero-order chi connectivity index (χ0) is 22.7. The molecule has 3 aromatic rings. The van der Waals surface area contributed by atoms with Gasteiger partial charge in [-0.2, -0.15) is 8.78 Å². The topological polar surface area (TPSA) is 68.7 Å². The number of ether oxygens (including phenoxy) is 3. The van der Waals surface area contributed by atoms with Gasteiger partial charge in [-0.3, -0.25) is 0 Å². The van der Waals surface area contributed by atoms with Crippen LogP contribution in [0, 0.1) is 6.92 Å². The Bertz CT molecular complexity index is 1250. The first-order chi connectivity index (χ1) is 15.9. The summed E-state index contributed by atoms with van der Waals surface area (Å²) in [6.45, 7) is 5.79. The van der Waals surface area contributed by atoms with Gasteiger partial charge in [0, 0.05) is 23.6 Å². The van der Waals surface area contributed by atoms with Gasteiger partial charge in [-0.1, -0.05) is 12.1 Å². The van der Waals surface area contributed by atoms with Crippen LogP contribution in [0.4, 0.5) is 20.3 Å². The number of para-hydroxylation sites is 1. The minimum Gasteiger partial charge on any atom is -0.489 e. The predicted octanol–water partition coefficient (Wildman–Crippen LogP) is 4.19. The van der Waals surface area contributed by atoms with Crippen LogP contribution in [0.25, 0.3) is 10.9 Å². The van der Waals surface area contributed by atoms with Crippen molar-refractivity contribution in [2.24, 2.45) is 0 Å². The standard InChI is InChI=1S/C24H24F2N4O3/c1-13(16-4-3-5-18-22(16)33-12-24(18,25)26)27-23-17-8-20-21(9-19(17)28-14(2)29-23)32-11-15-10-31-7-6-30(15)20/h3-5,8-9,13,15H,6-7,10-12H2,1-2H3,(H,27,28,29)/t13-,15?/m1/s1. The maximum absolute atomic E-state index is 14.2. The zero-order valence-corrected chi connectivity index (χ0v) is 18.4. The van der Waals surface area contributed by atoms with E-state index in [-0.39, 0.29) is 23.4 Å². The van der Waals surface area contributed by atoms with Gasteiger partial charge in [0.25, 0.3) is 0 Å². The molecule has 1 N–H and O–H groups in total. The third-order valence-electron chi connectivity index (χ3n) is 6.51. The summed E-state index contributed by atoms with van der Waals surface area (Å²) in [5.41, 5.74) is 2.36. The molecule has 0 aliphatic carbocycles. The number of benzene rings is 2. The lowest BCUT2D eigenvalue weighted by molar-refractivity contribution is -0.0214. The van der Waals surface area contributed by atoms with Crippen molar-refractivity contribution in [2.45, 2.75) is 31.9 Å². The number of hydrogen-bond acceptors (Lipinski definition) is 7. The molecule has 2 atom stereocenters. The van der Waals surface area contributed by atoms with Gasteiger partial charge in [0.1, 0.15) is 29.7 Å². The van der Waals surface area contributed by atoms with E-state index >= 15 is 0 Å². The monoisotopic (exact) mass is 454 g/mol. The molecule has 2 aromatic carbocycles. The molecule has 33 heavy (non-hydrogen) atoms. The van der Waals surface area contributed by atoms with Gasteiger partial charge in [0.15, 0.2) is 6.61 Å². The number of aryl methyl sites for hydroxylation is 1. The Morgan fingerprint density at radius 1 is 1.18 bits per heavy atom. The van der Waals surface area contributed by atoms with E-state index in [1.165, 1.54) is 6.07 Å². The molecule has 4 heterocycles. The smallest absolute Gasteiger partial charge is 0.310 e. The van der Waals surface area contributed by atoms with Crippen LogP contribution in [0.15, 0.2) is 30.3 Å². The molecule has 0 spiro atoms. The summed E-state index contributed by atoms with van der Waals surface area (Å²) in [4.78, 5) is 11.6. The largest absolute Gasteiger partial charge is 0.489 e. The molecule has 7 nitrogen and oxygen atoms in total. The van der Waals surface area contributed by atoms with E-state index in [2.05, 4.69) is 26.3 Å². The van der Waals surface area contributed by atoms with Gasteiger partial charge in [0.05, 0.1) is 42.1 Å². The molecule has 0 bridgehead atoms. The van der Waals surface area contributed by atoms with Crippen LogP contribution in [-0.4, -0.2) is 49.0 Å².